The topological polar surface area (TPSA) is 78.5 Å². The highest BCUT2D eigenvalue weighted by atomic mass is 32.2. The van der Waals surface area contributed by atoms with Gasteiger partial charge in [0.25, 0.3) is 0 Å². The van der Waals surface area contributed by atoms with Gasteiger partial charge in [-0.25, -0.2) is 12.7 Å². The monoisotopic (exact) mass is 319 g/mol. The number of hydrogen-bond acceptors (Lipinski definition) is 4. The van der Waals surface area contributed by atoms with Crippen molar-refractivity contribution in [2.24, 2.45) is 5.92 Å². The van der Waals surface area contributed by atoms with Crippen molar-refractivity contribution >= 4 is 15.9 Å². The molecule has 0 aromatic rings. The maximum atomic E-state index is 11.7. The Labute approximate surface area is 128 Å². The van der Waals surface area contributed by atoms with Crippen molar-refractivity contribution in [2.45, 2.75) is 39.0 Å². The van der Waals surface area contributed by atoms with E-state index in [2.05, 4.69) is 10.6 Å². The zero-order valence-electron chi connectivity index (χ0n) is 13.2. The summed E-state index contributed by atoms with van der Waals surface area (Å²) < 4.78 is 24.4. The van der Waals surface area contributed by atoms with Gasteiger partial charge in [-0.1, -0.05) is 0 Å². The molecule has 1 amide bonds. The molecule has 1 rings (SSSR count). The van der Waals surface area contributed by atoms with Gasteiger partial charge in [-0.05, 0) is 51.6 Å². The number of rotatable bonds is 9. The largest absolute Gasteiger partial charge is 0.356 e. The van der Waals surface area contributed by atoms with Crippen LogP contribution in [0.25, 0.3) is 0 Å². The first-order chi connectivity index (χ1) is 9.95. The van der Waals surface area contributed by atoms with E-state index in [-0.39, 0.29) is 11.7 Å². The molecule has 0 aliphatic carbocycles. The van der Waals surface area contributed by atoms with E-state index in [9.17, 15) is 13.2 Å². The number of hydrogen-bond donors (Lipinski definition) is 2. The molecule has 1 fully saturated rings. The third kappa shape index (κ3) is 7.24. The number of carbonyl (C=O) groups excluding carboxylic acids is 1. The first-order valence-corrected chi connectivity index (χ1v) is 9.48. The number of nitrogens with one attached hydrogen (secondary N) is 2. The van der Waals surface area contributed by atoms with Crippen molar-refractivity contribution in [3.8, 4) is 0 Å². The summed E-state index contributed by atoms with van der Waals surface area (Å²) in [5, 5.41) is 6.19. The van der Waals surface area contributed by atoms with Gasteiger partial charge >= 0.3 is 0 Å². The smallest absolute Gasteiger partial charge is 0.220 e. The number of amides is 1. The standard InChI is InChI=1S/C14H29N3O3S/c1-3-21(19,20)17(2)12-4-9-16-14(18)6-5-13-7-10-15-11-8-13/h13,15H,3-12H2,1-2H3,(H,16,18). The number of nitrogens with zero attached hydrogens (tertiary/aromatic N) is 1. The molecular formula is C14H29N3O3S. The Morgan fingerprint density at radius 3 is 2.62 bits per heavy atom. The summed E-state index contributed by atoms with van der Waals surface area (Å²) in [5.41, 5.74) is 0. The van der Waals surface area contributed by atoms with E-state index in [1.165, 1.54) is 4.31 Å². The minimum atomic E-state index is -3.11. The molecule has 1 saturated heterocycles. The first kappa shape index (κ1) is 18.4. The molecule has 0 bridgehead atoms. The van der Waals surface area contributed by atoms with Crippen LogP contribution in [0.5, 0.6) is 0 Å². The van der Waals surface area contributed by atoms with Crippen LogP contribution in [0.1, 0.15) is 39.0 Å². The van der Waals surface area contributed by atoms with Crippen molar-refractivity contribution in [2.75, 3.05) is 39.0 Å². The van der Waals surface area contributed by atoms with Gasteiger partial charge in [0.15, 0.2) is 0 Å². The van der Waals surface area contributed by atoms with Crippen LogP contribution in [0.15, 0.2) is 0 Å². The van der Waals surface area contributed by atoms with E-state index >= 15 is 0 Å². The fraction of sp³-hybridized carbons (Fsp3) is 0.929. The van der Waals surface area contributed by atoms with E-state index < -0.39 is 10.0 Å². The lowest BCUT2D eigenvalue weighted by Gasteiger charge is -2.22. The second kappa shape index (κ2) is 9.38. The lowest BCUT2D eigenvalue weighted by molar-refractivity contribution is -0.121. The van der Waals surface area contributed by atoms with Gasteiger partial charge < -0.3 is 10.6 Å². The molecule has 0 aromatic carbocycles. The van der Waals surface area contributed by atoms with Gasteiger partial charge in [0, 0.05) is 26.6 Å². The van der Waals surface area contributed by atoms with Crippen molar-refractivity contribution < 1.29 is 13.2 Å². The third-order valence-electron chi connectivity index (χ3n) is 4.05. The third-order valence-corrected chi connectivity index (χ3v) is 5.91. The summed E-state index contributed by atoms with van der Waals surface area (Å²) in [5.74, 6) is 0.860. The van der Waals surface area contributed by atoms with Crippen molar-refractivity contribution in [1.29, 1.82) is 0 Å². The van der Waals surface area contributed by atoms with Crippen LogP contribution in [-0.4, -0.2) is 57.6 Å². The van der Waals surface area contributed by atoms with Gasteiger partial charge in [0.1, 0.15) is 0 Å². The van der Waals surface area contributed by atoms with Gasteiger partial charge in [-0.15, -0.1) is 0 Å². The quantitative estimate of drug-likeness (QED) is 0.609. The second-order valence-corrected chi connectivity index (χ2v) is 8.02. The van der Waals surface area contributed by atoms with Crippen molar-refractivity contribution in [3.05, 3.63) is 0 Å². The molecule has 2 N–H and O–H groups in total. The van der Waals surface area contributed by atoms with Crippen molar-refractivity contribution in [1.82, 2.24) is 14.9 Å². The highest BCUT2D eigenvalue weighted by Crippen LogP contribution is 2.17. The molecule has 6 nitrogen and oxygen atoms in total. The predicted octanol–water partition coefficient (Wildman–Crippen LogP) is 0.554. The maximum absolute atomic E-state index is 11.7. The van der Waals surface area contributed by atoms with Crippen LogP contribution < -0.4 is 10.6 Å². The molecule has 1 heterocycles. The van der Waals surface area contributed by atoms with Crippen LogP contribution in [0, 0.1) is 5.92 Å². The number of sulfonamides is 1. The molecule has 0 spiro atoms. The molecule has 0 unspecified atom stereocenters. The highest BCUT2D eigenvalue weighted by Gasteiger charge is 2.15. The summed E-state index contributed by atoms with van der Waals surface area (Å²) in [4.78, 5) is 11.7. The molecule has 1 aliphatic heterocycles. The second-order valence-electron chi connectivity index (χ2n) is 5.66. The minimum absolute atomic E-state index is 0.0783. The lowest BCUT2D eigenvalue weighted by Crippen LogP contribution is -2.33. The molecule has 1 aliphatic rings. The Morgan fingerprint density at radius 1 is 1.33 bits per heavy atom. The molecule has 124 valence electrons. The van der Waals surface area contributed by atoms with E-state index in [0.717, 1.165) is 32.4 Å². The van der Waals surface area contributed by atoms with Crippen LogP contribution >= 0.6 is 0 Å². The highest BCUT2D eigenvalue weighted by molar-refractivity contribution is 7.89. The Morgan fingerprint density at radius 2 is 2.00 bits per heavy atom. The fourth-order valence-corrected chi connectivity index (χ4v) is 3.33. The Bertz CT molecular complexity index is 406. The first-order valence-electron chi connectivity index (χ1n) is 7.87. The van der Waals surface area contributed by atoms with Gasteiger partial charge in [-0.2, -0.15) is 0 Å². The number of carbonyl (C=O) groups is 1. The Balaban J connectivity index is 2.08. The Kier molecular flexibility index (Phi) is 8.21. The molecule has 0 radical (unpaired) electrons. The molecule has 21 heavy (non-hydrogen) atoms. The number of piperidine rings is 1. The van der Waals surface area contributed by atoms with Gasteiger partial charge in [0.2, 0.25) is 15.9 Å². The summed E-state index contributed by atoms with van der Waals surface area (Å²) in [6, 6.07) is 0. The molecule has 0 saturated carbocycles. The van der Waals surface area contributed by atoms with Gasteiger partial charge in [0.05, 0.1) is 5.75 Å². The van der Waals surface area contributed by atoms with E-state index in [0.29, 0.717) is 31.8 Å². The maximum Gasteiger partial charge on any atom is 0.220 e. The Hall–Kier alpha value is -0.660. The van der Waals surface area contributed by atoms with Crippen LogP contribution in [-0.2, 0) is 14.8 Å². The fourth-order valence-electron chi connectivity index (χ4n) is 2.48. The lowest BCUT2D eigenvalue weighted by atomic mass is 9.93. The SMILES string of the molecule is CCS(=O)(=O)N(C)CCCNC(=O)CCC1CCNCC1. The summed E-state index contributed by atoms with van der Waals surface area (Å²) in [6.45, 7) is 4.74. The molecule has 0 atom stereocenters. The molecular weight excluding hydrogens is 290 g/mol. The summed E-state index contributed by atoms with van der Waals surface area (Å²) in [7, 11) is -1.53. The zero-order chi connectivity index (χ0) is 15.7. The summed E-state index contributed by atoms with van der Waals surface area (Å²) in [6.07, 6.45) is 4.50. The summed E-state index contributed by atoms with van der Waals surface area (Å²) >= 11 is 0. The predicted molar refractivity (Wildman–Crippen MR) is 84.5 cm³/mol. The minimum Gasteiger partial charge on any atom is -0.356 e. The van der Waals surface area contributed by atoms with Crippen LogP contribution in [0.2, 0.25) is 0 Å². The van der Waals surface area contributed by atoms with Crippen LogP contribution in [0.4, 0.5) is 0 Å². The van der Waals surface area contributed by atoms with Gasteiger partial charge in [-0.3, -0.25) is 4.79 Å². The van der Waals surface area contributed by atoms with E-state index in [1.54, 1.807) is 14.0 Å². The normalized spacial score (nSPS) is 17.1. The average Bonchev–Trinajstić information content (AvgIpc) is 2.50. The average molecular weight is 319 g/mol. The van der Waals surface area contributed by atoms with Crippen LogP contribution in [0.3, 0.4) is 0 Å². The van der Waals surface area contributed by atoms with E-state index in [1.807, 2.05) is 0 Å². The molecule has 0 aromatic heterocycles. The van der Waals surface area contributed by atoms with E-state index in [4.69, 9.17) is 0 Å². The van der Waals surface area contributed by atoms with Crippen molar-refractivity contribution in [3.63, 3.8) is 0 Å². The molecule has 7 heteroatoms. The zero-order valence-corrected chi connectivity index (χ0v) is 14.0.